The molecule has 0 amide bonds. The van der Waals surface area contributed by atoms with E-state index in [1.54, 1.807) is 0 Å². The maximum atomic E-state index is 3.84. The summed E-state index contributed by atoms with van der Waals surface area (Å²) >= 11 is 0. The van der Waals surface area contributed by atoms with Crippen molar-refractivity contribution in [3.63, 3.8) is 0 Å². The zero-order valence-electron chi connectivity index (χ0n) is 13.1. The van der Waals surface area contributed by atoms with E-state index in [9.17, 15) is 0 Å². The Morgan fingerprint density at radius 1 is 0.522 bits per heavy atom. The molecule has 0 N–H and O–H groups in total. The molecular formula is C22H19Si. The summed E-state index contributed by atoms with van der Waals surface area (Å²) < 4.78 is 0. The van der Waals surface area contributed by atoms with Crippen LogP contribution in [-0.4, -0.2) is 8.80 Å². The normalized spacial score (nSPS) is 10.5. The third-order valence-corrected chi connectivity index (χ3v) is 6.66. The fourth-order valence-corrected chi connectivity index (χ4v) is 5.20. The first kappa shape index (κ1) is 15.3. The molecular weight excluding hydrogens is 292 g/mol. The predicted octanol–water partition coefficient (Wildman–Crippen LogP) is 3.49. The van der Waals surface area contributed by atoms with E-state index in [0.29, 0.717) is 0 Å². The Bertz CT molecular complexity index is 732. The second kappa shape index (κ2) is 7.08. The molecule has 23 heavy (non-hydrogen) atoms. The van der Waals surface area contributed by atoms with Gasteiger partial charge in [0.25, 0.3) is 0 Å². The van der Waals surface area contributed by atoms with Crippen molar-refractivity contribution in [1.82, 2.24) is 0 Å². The summed E-state index contributed by atoms with van der Waals surface area (Å²) in [6.45, 7) is 7.68. The van der Waals surface area contributed by atoms with Gasteiger partial charge in [0.05, 0.1) is 0 Å². The van der Waals surface area contributed by atoms with Gasteiger partial charge in [-0.25, -0.2) is 0 Å². The molecule has 0 aliphatic rings. The molecule has 0 bridgehead atoms. The lowest BCUT2D eigenvalue weighted by atomic mass is 10.2. The molecule has 0 atom stereocenters. The quantitative estimate of drug-likeness (QED) is 0.500. The van der Waals surface area contributed by atoms with Gasteiger partial charge in [0.2, 0.25) is 0 Å². The van der Waals surface area contributed by atoms with Crippen molar-refractivity contribution in [2.75, 3.05) is 0 Å². The first-order valence-corrected chi connectivity index (χ1v) is 9.20. The van der Waals surface area contributed by atoms with Gasteiger partial charge in [0.1, 0.15) is 0 Å². The van der Waals surface area contributed by atoms with E-state index in [4.69, 9.17) is 0 Å². The summed E-state index contributed by atoms with van der Waals surface area (Å²) in [5, 5.41) is 4.17. The summed E-state index contributed by atoms with van der Waals surface area (Å²) in [5.74, 6) is 0. The highest BCUT2D eigenvalue weighted by Crippen LogP contribution is 2.03. The van der Waals surface area contributed by atoms with Crippen molar-refractivity contribution in [2.45, 2.75) is 0 Å². The summed E-state index contributed by atoms with van der Waals surface area (Å²) in [6.07, 6.45) is 3.77. The molecule has 1 radical (unpaired) electrons. The van der Waals surface area contributed by atoms with Crippen molar-refractivity contribution in [1.29, 1.82) is 0 Å². The highest BCUT2D eigenvalue weighted by Gasteiger charge is 2.19. The van der Waals surface area contributed by atoms with Crippen LogP contribution in [0.3, 0.4) is 0 Å². The van der Waals surface area contributed by atoms with Gasteiger partial charge in [-0.1, -0.05) is 120 Å². The number of hydrogen-bond donors (Lipinski definition) is 0. The van der Waals surface area contributed by atoms with Gasteiger partial charge in [-0.05, 0) is 11.1 Å². The molecule has 0 spiro atoms. The van der Waals surface area contributed by atoms with Crippen molar-refractivity contribution in [3.8, 4) is 0 Å². The Balaban J connectivity index is 2.08. The minimum absolute atomic E-state index is 0.995. The molecule has 0 fully saturated rings. The Labute approximate surface area is 140 Å². The Morgan fingerprint density at radius 3 is 1.30 bits per heavy atom. The third kappa shape index (κ3) is 3.41. The van der Waals surface area contributed by atoms with E-state index in [2.05, 4.69) is 92.0 Å². The minimum atomic E-state index is -0.995. The van der Waals surface area contributed by atoms with Gasteiger partial charge in [-0.15, -0.1) is 0 Å². The monoisotopic (exact) mass is 311 g/mol. The maximum absolute atomic E-state index is 3.84. The molecule has 3 aromatic rings. The lowest BCUT2D eigenvalue weighted by molar-refractivity contribution is 1.67. The highest BCUT2D eigenvalue weighted by atomic mass is 28.3. The van der Waals surface area contributed by atoms with E-state index >= 15 is 0 Å². The summed E-state index contributed by atoms with van der Waals surface area (Å²) in [7, 11) is -0.995. The van der Waals surface area contributed by atoms with Gasteiger partial charge in [0.15, 0.2) is 8.80 Å². The zero-order valence-corrected chi connectivity index (χ0v) is 14.1. The van der Waals surface area contributed by atoms with Crippen LogP contribution in [0.4, 0.5) is 0 Å². The summed E-state index contributed by atoms with van der Waals surface area (Å²) in [6, 6.07) is 28.3. The number of benzene rings is 3. The first-order chi connectivity index (χ1) is 11.3. The van der Waals surface area contributed by atoms with Crippen LogP contribution in [0.1, 0.15) is 11.1 Å². The van der Waals surface area contributed by atoms with Gasteiger partial charge >= 0.3 is 0 Å². The van der Waals surface area contributed by atoms with E-state index < -0.39 is 8.80 Å². The van der Waals surface area contributed by atoms with E-state index in [-0.39, 0.29) is 0 Å². The second-order valence-electron chi connectivity index (χ2n) is 5.39. The standard InChI is InChI=1S/C22H19Si/c1-3-18-10-14-21(15-11-18)23(20-8-6-5-7-9-20)22-16-12-19(4-2)13-17-22/h3-17H,1-2H2. The Morgan fingerprint density at radius 2 is 0.913 bits per heavy atom. The molecule has 1 heteroatoms. The van der Waals surface area contributed by atoms with Crippen LogP contribution in [0, 0.1) is 0 Å². The lowest BCUT2D eigenvalue weighted by Gasteiger charge is -2.17. The zero-order chi connectivity index (χ0) is 16.1. The third-order valence-electron chi connectivity index (χ3n) is 3.93. The van der Waals surface area contributed by atoms with Crippen LogP contribution in [0.2, 0.25) is 0 Å². The summed E-state index contributed by atoms with van der Waals surface area (Å²) in [4.78, 5) is 0. The molecule has 111 valence electrons. The van der Waals surface area contributed by atoms with Crippen LogP contribution >= 0.6 is 0 Å². The fraction of sp³-hybridized carbons (Fsp3) is 0. The van der Waals surface area contributed by atoms with Crippen molar-refractivity contribution in [3.05, 3.63) is 103 Å². The Kier molecular flexibility index (Phi) is 4.70. The van der Waals surface area contributed by atoms with Gasteiger partial charge in [-0.2, -0.15) is 0 Å². The topological polar surface area (TPSA) is 0 Å². The largest absolute Gasteiger partial charge is 0.154 e. The first-order valence-electron chi connectivity index (χ1n) is 7.70. The van der Waals surface area contributed by atoms with Crippen LogP contribution in [0.5, 0.6) is 0 Å². The molecule has 0 heterocycles. The van der Waals surface area contributed by atoms with Crippen LogP contribution in [-0.2, 0) is 0 Å². The number of hydrogen-bond acceptors (Lipinski definition) is 0. The molecule has 0 aliphatic carbocycles. The van der Waals surface area contributed by atoms with Gasteiger partial charge in [0, 0.05) is 0 Å². The average Bonchev–Trinajstić information content (AvgIpc) is 2.64. The van der Waals surface area contributed by atoms with Crippen molar-refractivity contribution < 1.29 is 0 Å². The van der Waals surface area contributed by atoms with Crippen molar-refractivity contribution >= 4 is 36.5 Å². The molecule has 0 aromatic heterocycles. The van der Waals surface area contributed by atoms with E-state index in [1.807, 2.05) is 12.2 Å². The average molecular weight is 311 g/mol. The van der Waals surface area contributed by atoms with E-state index in [1.165, 1.54) is 15.6 Å². The van der Waals surface area contributed by atoms with Gasteiger partial charge in [-0.3, -0.25) is 0 Å². The molecule has 0 saturated carbocycles. The van der Waals surface area contributed by atoms with Crippen LogP contribution in [0.25, 0.3) is 12.2 Å². The van der Waals surface area contributed by atoms with Crippen LogP contribution < -0.4 is 15.6 Å². The fourth-order valence-electron chi connectivity index (χ4n) is 2.68. The SMILES string of the molecule is C=Cc1ccc([Si](c2ccccc2)c2ccc(C=C)cc2)cc1. The smallest absolute Gasteiger partial charge is 0.0985 e. The molecule has 0 aliphatic heterocycles. The highest BCUT2D eigenvalue weighted by molar-refractivity contribution is 6.95. The second-order valence-corrected chi connectivity index (χ2v) is 7.88. The summed E-state index contributed by atoms with van der Waals surface area (Å²) in [5.41, 5.74) is 2.32. The maximum Gasteiger partial charge on any atom is 0.154 e. The molecule has 0 saturated heterocycles. The predicted molar refractivity (Wildman–Crippen MR) is 104 cm³/mol. The minimum Gasteiger partial charge on any atom is -0.0985 e. The molecule has 3 aromatic carbocycles. The Hall–Kier alpha value is -2.64. The van der Waals surface area contributed by atoms with Gasteiger partial charge < -0.3 is 0 Å². The van der Waals surface area contributed by atoms with Crippen molar-refractivity contribution in [2.24, 2.45) is 0 Å². The lowest BCUT2D eigenvalue weighted by Crippen LogP contribution is -2.51. The number of rotatable bonds is 5. The molecule has 0 unspecified atom stereocenters. The molecule has 3 rings (SSSR count). The van der Waals surface area contributed by atoms with Crippen LogP contribution in [0.15, 0.2) is 92.0 Å². The van der Waals surface area contributed by atoms with E-state index in [0.717, 1.165) is 11.1 Å². The molecule has 0 nitrogen and oxygen atoms in total.